The van der Waals surface area contributed by atoms with Crippen molar-refractivity contribution in [2.45, 2.75) is 25.8 Å². The van der Waals surface area contributed by atoms with Gasteiger partial charge in [0, 0.05) is 5.56 Å². The molecular formula is C11H13F4N. The quantitative estimate of drug-likeness (QED) is 0.791. The van der Waals surface area contributed by atoms with E-state index in [2.05, 4.69) is 5.32 Å². The molecule has 0 fully saturated rings. The Morgan fingerprint density at radius 1 is 1.31 bits per heavy atom. The topological polar surface area (TPSA) is 12.0 Å². The van der Waals surface area contributed by atoms with E-state index in [1.165, 1.54) is 0 Å². The van der Waals surface area contributed by atoms with E-state index in [4.69, 9.17) is 0 Å². The Morgan fingerprint density at radius 2 is 1.94 bits per heavy atom. The van der Waals surface area contributed by atoms with Gasteiger partial charge in [-0.15, -0.1) is 0 Å². The fraction of sp³-hybridized carbons (Fsp3) is 0.455. The summed E-state index contributed by atoms with van der Waals surface area (Å²) in [4.78, 5) is 0. The van der Waals surface area contributed by atoms with E-state index >= 15 is 0 Å². The van der Waals surface area contributed by atoms with Crippen molar-refractivity contribution in [3.8, 4) is 0 Å². The van der Waals surface area contributed by atoms with Crippen molar-refractivity contribution in [2.75, 3.05) is 6.54 Å². The Morgan fingerprint density at radius 3 is 2.44 bits per heavy atom. The number of hydrogen-bond donors (Lipinski definition) is 1. The second-order valence-corrected chi connectivity index (χ2v) is 3.66. The van der Waals surface area contributed by atoms with Gasteiger partial charge in [-0.2, -0.15) is 0 Å². The first-order valence-corrected chi connectivity index (χ1v) is 4.90. The lowest BCUT2D eigenvalue weighted by molar-refractivity contribution is 0.0371. The molecule has 0 saturated carbocycles. The first kappa shape index (κ1) is 13.0. The van der Waals surface area contributed by atoms with Gasteiger partial charge in [-0.25, -0.2) is 17.6 Å². The van der Waals surface area contributed by atoms with Crippen molar-refractivity contribution in [3.05, 3.63) is 35.4 Å². The molecule has 0 aliphatic carbocycles. The van der Waals surface area contributed by atoms with Crippen molar-refractivity contribution in [2.24, 2.45) is 0 Å². The van der Waals surface area contributed by atoms with E-state index in [9.17, 15) is 17.6 Å². The molecule has 5 heteroatoms. The summed E-state index contributed by atoms with van der Waals surface area (Å²) in [6.45, 7) is 3.01. The second kappa shape index (κ2) is 4.82. The molecule has 0 aromatic heterocycles. The van der Waals surface area contributed by atoms with E-state index in [1.54, 1.807) is 6.92 Å². The summed E-state index contributed by atoms with van der Waals surface area (Å²) < 4.78 is 52.2. The van der Waals surface area contributed by atoms with Gasteiger partial charge in [-0.05, 0) is 31.7 Å². The highest BCUT2D eigenvalue weighted by molar-refractivity contribution is 5.27. The molecule has 1 aromatic rings. The molecule has 0 heterocycles. The highest BCUT2D eigenvalue weighted by atomic mass is 19.3. The molecule has 1 N–H and O–H groups in total. The number of halogens is 4. The number of benzene rings is 1. The lowest BCUT2D eigenvalue weighted by Gasteiger charge is -2.30. The van der Waals surface area contributed by atoms with Gasteiger partial charge in [0.25, 0.3) is 6.43 Å². The van der Waals surface area contributed by atoms with Crippen LogP contribution in [0.2, 0.25) is 0 Å². The first-order chi connectivity index (χ1) is 7.41. The summed E-state index contributed by atoms with van der Waals surface area (Å²) in [5, 5.41) is 2.49. The van der Waals surface area contributed by atoms with Gasteiger partial charge in [-0.1, -0.05) is 6.92 Å². The zero-order valence-electron chi connectivity index (χ0n) is 9.03. The van der Waals surface area contributed by atoms with E-state index in [0.29, 0.717) is 0 Å². The fourth-order valence-corrected chi connectivity index (χ4v) is 1.55. The van der Waals surface area contributed by atoms with Crippen LogP contribution in [0.5, 0.6) is 0 Å². The van der Waals surface area contributed by atoms with Crippen LogP contribution < -0.4 is 5.32 Å². The van der Waals surface area contributed by atoms with E-state index in [-0.39, 0.29) is 12.1 Å². The van der Waals surface area contributed by atoms with Crippen LogP contribution in [-0.2, 0) is 5.54 Å². The fourth-order valence-electron chi connectivity index (χ4n) is 1.55. The highest BCUT2D eigenvalue weighted by Crippen LogP contribution is 2.30. The molecule has 0 spiro atoms. The monoisotopic (exact) mass is 235 g/mol. The van der Waals surface area contributed by atoms with Crippen LogP contribution >= 0.6 is 0 Å². The zero-order chi connectivity index (χ0) is 12.3. The molecule has 16 heavy (non-hydrogen) atoms. The molecule has 0 bridgehead atoms. The van der Waals surface area contributed by atoms with Crippen molar-refractivity contribution >= 4 is 0 Å². The third-order valence-electron chi connectivity index (χ3n) is 2.47. The maximum Gasteiger partial charge on any atom is 0.260 e. The molecule has 1 unspecified atom stereocenters. The average molecular weight is 235 g/mol. The van der Waals surface area contributed by atoms with Crippen molar-refractivity contribution in [3.63, 3.8) is 0 Å². The van der Waals surface area contributed by atoms with Gasteiger partial charge in [0.2, 0.25) is 0 Å². The summed E-state index contributed by atoms with van der Waals surface area (Å²) in [5.74, 6) is -1.58. The molecule has 1 atom stereocenters. The molecule has 0 amide bonds. The van der Waals surface area contributed by atoms with Crippen LogP contribution in [0.25, 0.3) is 0 Å². The maximum absolute atomic E-state index is 13.4. The Bertz CT molecular complexity index is 367. The van der Waals surface area contributed by atoms with Crippen LogP contribution in [0.3, 0.4) is 0 Å². The van der Waals surface area contributed by atoms with E-state index in [1.807, 2.05) is 0 Å². The standard InChI is InChI=1S/C11H13F4N/c1-3-16-11(2,10(14)15)8-6-7(12)4-5-9(8)13/h4-6,10,16H,3H2,1-2H3. The lowest BCUT2D eigenvalue weighted by atomic mass is 9.91. The van der Waals surface area contributed by atoms with Gasteiger partial charge in [0.1, 0.15) is 17.2 Å². The minimum Gasteiger partial charge on any atom is -0.303 e. The minimum absolute atomic E-state index is 0.233. The average Bonchev–Trinajstić information content (AvgIpc) is 2.21. The minimum atomic E-state index is -2.83. The van der Waals surface area contributed by atoms with E-state index < -0.39 is 23.6 Å². The van der Waals surface area contributed by atoms with Crippen LogP contribution in [0.15, 0.2) is 18.2 Å². The van der Waals surface area contributed by atoms with E-state index in [0.717, 1.165) is 25.1 Å². The molecule has 1 aromatic carbocycles. The molecule has 0 aliphatic rings. The largest absolute Gasteiger partial charge is 0.303 e. The predicted molar refractivity (Wildman–Crippen MR) is 53.4 cm³/mol. The lowest BCUT2D eigenvalue weighted by Crippen LogP contribution is -2.46. The normalized spacial score (nSPS) is 15.2. The Hall–Kier alpha value is -1.10. The SMILES string of the molecule is CCNC(C)(c1cc(F)ccc1F)C(F)F. The number of alkyl halides is 2. The van der Waals surface area contributed by atoms with Gasteiger partial charge >= 0.3 is 0 Å². The third-order valence-corrected chi connectivity index (χ3v) is 2.47. The molecule has 90 valence electrons. The zero-order valence-corrected chi connectivity index (χ0v) is 9.03. The summed E-state index contributed by atoms with van der Waals surface area (Å²) in [6, 6.07) is 2.55. The molecular weight excluding hydrogens is 222 g/mol. The summed E-state index contributed by atoms with van der Waals surface area (Å²) >= 11 is 0. The van der Waals surface area contributed by atoms with Crippen LogP contribution in [-0.4, -0.2) is 13.0 Å². The van der Waals surface area contributed by atoms with Crippen molar-refractivity contribution < 1.29 is 17.6 Å². The van der Waals surface area contributed by atoms with Gasteiger partial charge in [-0.3, -0.25) is 0 Å². The molecule has 0 aliphatic heterocycles. The summed E-state index contributed by atoms with van der Waals surface area (Å²) in [7, 11) is 0. The second-order valence-electron chi connectivity index (χ2n) is 3.66. The van der Waals surface area contributed by atoms with Crippen LogP contribution in [0, 0.1) is 11.6 Å². The van der Waals surface area contributed by atoms with Crippen LogP contribution in [0.4, 0.5) is 17.6 Å². The molecule has 1 nitrogen and oxygen atoms in total. The predicted octanol–water partition coefficient (Wildman–Crippen LogP) is 3.05. The molecule has 0 saturated heterocycles. The number of rotatable bonds is 4. The Kier molecular flexibility index (Phi) is 3.91. The van der Waals surface area contributed by atoms with Crippen LogP contribution in [0.1, 0.15) is 19.4 Å². The summed E-state index contributed by atoms with van der Waals surface area (Å²) in [5.41, 5.74) is -2.23. The van der Waals surface area contributed by atoms with Crippen molar-refractivity contribution in [1.29, 1.82) is 0 Å². The van der Waals surface area contributed by atoms with Gasteiger partial charge in [0.15, 0.2) is 0 Å². The number of hydrogen-bond acceptors (Lipinski definition) is 1. The Labute approximate surface area is 91.5 Å². The van der Waals surface area contributed by atoms with Gasteiger partial charge in [0.05, 0.1) is 0 Å². The highest BCUT2D eigenvalue weighted by Gasteiger charge is 2.38. The smallest absolute Gasteiger partial charge is 0.260 e. The third kappa shape index (κ3) is 2.35. The molecule has 0 radical (unpaired) electrons. The number of nitrogens with one attached hydrogen (secondary N) is 1. The Balaban J connectivity index is 3.25. The maximum atomic E-state index is 13.4. The van der Waals surface area contributed by atoms with Crippen molar-refractivity contribution in [1.82, 2.24) is 5.32 Å². The molecule has 1 rings (SSSR count). The van der Waals surface area contributed by atoms with Gasteiger partial charge < -0.3 is 5.32 Å². The first-order valence-electron chi connectivity index (χ1n) is 4.90. The summed E-state index contributed by atoms with van der Waals surface area (Å²) in [6.07, 6.45) is -2.83.